The molecule has 0 aliphatic rings. The molecule has 3 N–H and O–H groups in total. The van der Waals surface area contributed by atoms with Crippen LogP contribution in [0.1, 0.15) is 26.7 Å². The Morgan fingerprint density at radius 2 is 2.12 bits per heavy atom. The lowest BCUT2D eigenvalue weighted by Gasteiger charge is -2.19. The van der Waals surface area contributed by atoms with E-state index in [1.165, 1.54) is 6.20 Å². The number of hydrogen-bond donors (Lipinski definition) is 3. The number of carbonyl (C=O) groups excluding carboxylic acids is 1. The Morgan fingerprint density at radius 3 is 2.72 bits per heavy atom. The van der Waals surface area contributed by atoms with Crippen molar-refractivity contribution in [2.24, 2.45) is 0 Å². The quantitative estimate of drug-likeness (QED) is 0.662. The maximum absolute atomic E-state index is 11.5. The second kappa shape index (κ2) is 8.13. The van der Waals surface area contributed by atoms with E-state index in [9.17, 15) is 4.79 Å². The Bertz CT molecular complexity index is 729. The highest BCUT2D eigenvalue weighted by Gasteiger charge is 2.15. The van der Waals surface area contributed by atoms with Gasteiger partial charge < -0.3 is 24.9 Å². The summed E-state index contributed by atoms with van der Waals surface area (Å²) >= 11 is 6.17. The predicted octanol–water partition coefficient (Wildman–Crippen LogP) is 2.21. The molecule has 1 amide bonds. The number of aliphatic hydroxyl groups is 1. The Kier molecular flexibility index (Phi) is 6.16. The number of rotatable bonds is 6. The van der Waals surface area contributed by atoms with E-state index in [-0.39, 0.29) is 18.4 Å². The third-order valence-electron chi connectivity index (χ3n) is 2.78. The van der Waals surface area contributed by atoms with Crippen molar-refractivity contribution in [1.29, 1.82) is 0 Å². The molecule has 0 radical (unpaired) electrons. The lowest BCUT2D eigenvalue weighted by atomic mass is 10.2. The van der Waals surface area contributed by atoms with Crippen LogP contribution in [0.3, 0.4) is 0 Å². The molecule has 0 aliphatic heterocycles. The lowest BCUT2D eigenvalue weighted by molar-refractivity contribution is 0.0530. The van der Waals surface area contributed by atoms with Gasteiger partial charge in [0.2, 0.25) is 11.8 Å². The summed E-state index contributed by atoms with van der Waals surface area (Å²) < 4.78 is 10.4. The topological polar surface area (TPSA) is 122 Å². The zero-order valence-electron chi connectivity index (χ0n) is 14.2. The van der Waals surface area contributed by atoms with E-state index in [2.05, 4.69) is 25.8 Å². The van der Waals surface area contributed by atoms with Gasteiger partial charge >= 0.3 is 6.09 Å². The fourth-order valence-electron chi connectivity index (χ4n) is 1.78. The molecule has 10 heteroatoms. The number of aliphatic hydroxyl groups excluding tert-OH is 1. The summed E-state index contributed by atoms with van der Waals surface area (Å²) in [6.07, 6.45) is 1.03. The largest absolute Gasteiger partial charge is 0.444 e. The third-order valence-corrected chi connectivity index (χ3v) is 3.06. The van der Waals surface area contributed by atoms with Crippen LogP contribution in [-0.4, -0.2) is 45.1 Å². The molecule has 0 spiro atoms. The van der Waals surface area contributed by atoms with Crippen LogP contribution in [-0.2, 0) is 11.3 Å². The highest BCUT2D eigenvalue weighted by Crippen LogP contribution is 2.25. The first kappa shape index (κ1) is 18.9. The predicted molar refractivity (Wildman–Crippen MR) is 91.2 cm³/mol. The summed E-state index contributed by atoms with van der Waals surface area (Å²) in [5, 5.41) is 22.4. The molecule has 2 aromatic rings. The number of ether oxygens (including phenoxy) is 1. The number of aromatic nitrogens is 3. The molecule has 0 atom stereocenters. The van der Waals surface area contributed by atoms with Gasteiger partial charge in [-0.05, 0) is 26.8 Å². The molecule has 0 saturated carbocycles. The van der Waals surface area contributed by atoms with Crippen LogP contribution >= 0.6 is 11.6 Å². The zero-order valence-corrected chi connectivity index (χ0v) is 14.9. The van der Waals surface area contributed by atoms with Crippen LogP contribution in [0.2, 0.25) is 5.02 Å². The minimum atomic E-state index is -0.539. The third kappa shape index (κ3) is 5.87. The van der Waals surface area contributed by atoms with E-state index < -0.39 is 11.7 Å². The number of alkyl carbamates (subject to hydrolysis) is 1. The number of halogens is 1. The summed E-state index contributed by atoms with van der Waals surface area (Å²) in [6, 6.07) is 1.62. The maximum atomic E-state index is 11.5. The number of carbonyl (C=O) groups is 1. The molecule has 2 rings (SSSR count). The molecule has 9 nitrogen and oxygen atoms in total. The van der Waals surface area contributed by atoms with Gasteiger partial charge in [-0.3, -0.25) is 0 Å². The Hall–Kier alpha value is -2.39. The van der Waals surface area contributed by atoms with Crippen molar-refractivity contribution >= 4 is 23.5 Å². The number of nitrogens with zero attached hydrogens (tertiary/aromatic N) is 3. The average molecular weight is 370 g/mol. The molecule has 0 aliphatic carbocycles. The van der Waals surface area contributed by atoms with E-state index in [0.29, 0.717) is 29.5 Å². The fourth-order valence-corrected chi connectivity index (χ4v) is 2.01. The van der Waals surface area contributed by atoms with Crippen LogP contribution < -0.4 is 10.6 Å². The molecule has 2 heterocycles. The number of amides is 1. The molecule has 2 aromatic heterocycles. The summed E-state index contributed by atoms with van der Waals surface area (Å²) in [5.41, 5.74) is -0.00215. The second-order valence-electron chi connectivity index (χ2n) is 6.07. The van der Waals surface area contributed by atoms with Crippen LogP contribution in [0.5, 0.6) is 0 Å². The molecule has 0 unspecified atom stereocenters. The molecule has 25 heavy (non-hydrogen) atoms. The van der Waals surface area contributed by atoms with Gasteiger partial charge in [0.05, 0.1) is 10.6 Å². The summed E-state index contributed by atoms with van der Waals surface area (Å²) in [4.78, 5) is 15.7. The van der Waals surface area contributed by atoms with Gasteiger partial charge in [-0.25, -0.2) is 9.78 Å². The average Bonchev–Trinajstić information content (AvgIpc) is 3.00. The van der Waals surface area contributed by atoms with Gasteiger partial charge in [0, 0.05) is 19.3 Å². The monoisotopic (exact) mass is 369 g/mol. The number of hydrogen-bond acceptors (Lipinski definition) is 8. The van der Waals surface area contributed by atoms with Gasteiger partial charge in [0.1, 0.15) is 18.0 Å². The lowest BCUT2D eigenvalue weighted by Crippen LogP contribution is -2.35. The van der Waals surface area contributed by atoms with Gasteiger partial charge in [-0.1, -0.05) is 11.6 Å². The summed E-state index contributed by atoms with van der Waals surface area (Å²) in [7, 11) is 0. The zero-order chi connectivity index (χ0) is 18.4. The number of nitrogens with one attached hydrogen (secondary N) is 2. The van der Waals surface area contributed by atoms with Crippen LogP contribution in [0, 0.1) is 0 Å². The van der Waals surface area contributed by atoms with E-state index in [1.807, 2.05) is 0 Å². The Morgan fingerprint density at radius 1 is 1.36 bits per heavy atom. The minimum absolute atomic E-state index is 0.113. The van der Waals surface area contributed by atoms with Gasteiger partial charge in [-0.15, -0.1) is 10.2 Å². The number of anilines is 1. The Balaban J connectivity index is 1.86. The van der Waals surface area contributed by atoms with E-state index in [0.717, 1.165) is 0 Å². The smallest absolute Gasteiger partial charge is 0.407 e. The molecule has 0 aromatic carbocycles. The molecule has 0 saturated heterocycles. The molecule has 0 bridgehead atoms. The van der Waals surface area contributed by atoms with Crippen molar-refractivity contribution in [2.45, 2.75) is 33.0 Å². The summed E-state index contributed by atoms with van der Waals surface area (Å²) in [6.45, 7) is 5.81. The molecular weight excluding hydrogens is 350 g/mol. The van der Waals surface area contributed by atoms with Crippen molar-refractivity contribution in [1.82, 2.24) is 20.5 Å². The SMILES string of the molecule is CC(C)(C)OC(=O)NCCNc1ncc(-c2nnc(CO)o2)cc1Cl. The first-order valence-corrected chi connectivity index (χ1v) is 7.96. The van der Waals surface area contributed by atoms with Crippen LogP contribution in [0.4, 0.5) is 10.6 Å². The summed E-state index contributed by atoms with van der Waals surface area (Å²) in [5.74, 6) is 0.788. The van der Waals surface area contributed by atoms with Crippen LogP contribution in [0.15, 0.2) is 16.7 Å². The van der Waals surface area contributed by atoms with E-state index in [4.69, 9.17) is 25.9 Å². The van der Waals surface area contributed by atoms with Crippen molar-refractivity contribution in [2.75, 3.05) is 18.4 Å². The first-order valence-electron chi connectivity index (χ1n) is 7.58. The van der Waals surface area contributed by atoms with E-state index >= 15 is 0 Å². The number of pyridine rings is 1. The fraction of sp³-hybridized carbons (Fsp3) is 0.467. The highest BCUT2D eigenvalue weighted by molar-refractivity contribution is 6.33. The van der Waals surface area contributed by atoms with Gasteiger partial charge in [0.25, 0.3) is 0 Å². The molecule has 0 fully saturated rings. The standard InChI is InChI=1S/C15H20ClN5O4/c1-15(2,3)25-14(23)18-5-4-17-12-10(16)6-9(7-19-12)13-21-20-11(8-22)24-13/h6-7,22H,4-5,8H2,1-3H3,(H,17,19)(H,18,23). The maximum Gasteiger partial charge on any atom is 0.407 e. The van der Waals surface area contributed by atoms with Crippen molar-refractivity contribution in [3.05, 3.63) is 23.2 Å². The van der Waals surface area contributed by atoms with Gasteiger partial charge in [0.15, 0.2) is 0 Å². The van der Waals surface area contributed by atoms with Crippen LogP contribution in [0.25, 0.3) is 11.5 Å². The van der Waals surface area contributed by atoms with Crippen molar-refractivity contribution in [3.8, 4) is 11.5 Å². The van der Waals surface area contributed by atoms with E-state index in [1.54, 1.807) is 26.8 Å². The molecule has 136 valence electrons. The van der Waals surface area contributed by atoms with Gasteiger partial charge in [-0.2, -0.15) is 0 Å². The first-order chi connectivity index (χ1) is 11.8. The highest BCUT2D eigenvalue weighted by atomic mass is 35.5. The molecular formula is C15H20ClN5O4. The minimum Gasteiger partial charge on any atom is -0.444 e. The second-order valence-corrected chi connectivity index (χ2v) is 6.48. The van der Waals surface area contributed by atoms with Crippen molar-refractivity contribution < 1.29 is 19.1 Å². The Labute approximate surface area is 149 Å². The van der Waals surface area contributed by atoms with Crippen molar-refractivity contribution in [3.63, 3.8) is 0 Å². The normalized spacial score (nSPS) is 11.2.